The van der Waals surface area contributed by atoms with Gasteiger partial charge in [0.2, 0.25) is 0 Å². The van der Waals surface area contributed by atoms with Crippen LogP contribution in [0.5, 0.6) is 5.75 Å². The van der Waals surface area contributed by atoms with E-state index in [4.69, 9.17) is 10.5 Å². The highest BCUT2D eigenvalue weighted by atomic mass is 79.9. The van der Waals surface area contributed by atoms with Gasteiger partial charge in [0.1, 0.15) is 18.5 Å². The molecule has 17 heavy (non-hydrogen) atoms. The number of ether oxygens (including phenoxy) is 1. The summed E-state index contributed by atoms with van der Waals surface area (Å²) in [5.74, 6) is 0.260. The quantitative estimate of drug-likeness (QED) is 0.772. The fourth-order valence-corrected chi connectivity index (χ4v) is 2.25. The second-order valence-electron chi connectivity index (χ2n) is 3.78. The minimum absolute atomic E-state index is 0.0296. The summed E-state index contributed by atoms with van der Waals surface area (Å²) in [6.45, 7) is -0.0296. The number of benzene rings is 1. The molecule has 2 atom stereocenters. The molecule has 1 aliphatic heterocycles. The van der Waals surface area contributed by atoms with Crippen LogP contribution in [0, 0.1) is 0 Å². The topological polar surface area (TPSA) is 55.5 Å². The van der Waals surface area contributed by atoms with Crippen LogP contribution in [-0.4, -0.2) is 17.8 Å². The van der Waals surface area contributed by atoms with Gasteiger partial charge >= 0.3 is 6.18 Å². The van der Waals surface area contributed by atoms with Crippen molar-refractivity contribution in [1.82, 2.24) is 0 Å². The summed E-state index contributed by atoms with van der Waals surface area (Å²) in [7, 11) is 0. The molecule has 0 saturated heterocycles. The lowest BCUT2D eigenvalue weighted by Gasteiger charge is -2.29. The first-order valence-corrected chi connectivity index (χ1v) is 5.57. The molecule has 2 rings (SSSR count). The molecular weight excluding hydrogens is 303 g/mol. The highest BCUT2D eigenvalue weighted by Gasteiger charge is 2.35. The maximum absolute atomic E-state index is 12.6. The van der Waals surface area contributed by atoms with Crippen molar-refractivity contribution in [2.75, 3.05) is 6.61 Å². The van der Waals surface area contributed by atoms with E-state index in [9.17, 15) is 18.3 Å². The average molecular weight is 312 g/mol. The van der Waals surface area contributed by atoms with Crippen LogP contribution in [0.3, 0.4) is 0 Å². The summed E-state index contributed by atoms with van der Waals surface area (Å²) in [5.41, 5.74) is 4.99. The fraction of sp³-hybridized carbons (Fsp3) is 0.400. The van der Waals surface area contributed by atoms with E-state index >= 15 is 0 Å². The lowest BCUT2D eigenvalue weighted by atomic mass is 9.97. The number of aliphatic hydroxyl groups is 1. The van der Waals surface area contributed by atoms with Gasteiger partial charge in [-0.05, 0) is 28.1 Å². The Hall–Kier alpha value is -0.790. The van der Waals surface area contributed by atoms with Gasteiger partial charge in [0, 0.05) is 5.56 Å². The van der Waals surface area contributed by atoms with Crippen LogP contribution in [0.15, 0.2) is 16.6 Å². The molecular formula is C10H9BrF3NO2. The van der Waals surface area contributed by atoms with Gasteiger partial charge in [0.25, 0.3) is 0 Å². The molecule has 1 aromatic carbocycles. The predicted molar refractivity (Wildman–Crippen MR) is 57.6 cm³/mol. The lowest BCUT2D eigenvalue weighted by Crippen LogP contribution is -2.36. The van der Waals surface area contributed by atoms with Crippen LogP contribution in [0.4, 0.5) is 13.2 Å². The van der Waals surface area contributed by atoms with E-state index < -0.39 is 23.9 Å². The van der Waals surface area contributed by atoms with Crippen molar-refractivity contribution >= 4 is 15.9 Å². The Morgan fingerprint density at radius 2 is 2.06 bits per heavy atom. The first-order valence-electron chi connectivity index (χ1n) is 4.78. The molecule has 94 valence electrons. The number of halogens is 4. The van der Waals surface area contributed by atoms with Crippen LogP contribution < -0.4 is 10.5 Å². The SMILES string of the molecule is N[C@H]1c2cc(C(F)(F)F)cc(Br)c2OC[C@H]1O. The molecule has 0 fully saturated rings. The zero-order chi connectivity index (χ0) is 12.8. The van der Waals surface area contributed by atoms with E-state index in [0.29, 0.717) is 0 Å². The van der Waals surface area contributed by atoms with Gasteiger partial charge in [-0.25, -0.2) is 0 Å². The zero-order valence-corrected chi connectivity index (χ0v) is 10.0. The maximum Gasteiger partial charge on any atom is 0.416 e. The first-order chi connectivity index (χ1) is 7.80. The summed E-state index contributed by atoms with van der Waals surface area (Å²) < 4.78 is 43.1. The molecule has 7 heteroatoms. The third-order valence-corrected chi connectivity index (χ3v) is 3.16. The Morgan fingerprint density at radius 1 is 1.41 bits per heavy atom. The summed E-state index contributed by atoms with van der Waals surface area (Å²) in [6.07, 6.45) is -5.46. The van der Waals surface area contributed by atoms with E-state index in [-0.39, 0.29) is 22.4 Å². The summed E-state index contributed by atoms with van der Waals surface area (Å²) in [6, 6.07) is 0.966. The van der Waals surface area contributed by atoms with Gasteiger partial charge in [0.15, 0.2) is 0 Å². The zero-order valence-electron chi connectivity index (χ0n) is 8.46. The standard InChI is InChI=1S/C10H9BrF3NO2/c11-6-2-4(10(12,13)14)1-5-8(15)7(16)3-17-9(5)6/h1-2,7-8,16H,3,15H2/t7-,8+/m1/s1. The highest BCUT2D eigenvalue weighted by molar-refractivity contribution is 9.10. The van der Waals surface area contributed by atoms with E-state index in [1.165, 1.54) is 0 Å². The van der Waals surface area contributed by atoms with Gasteiger partial charge in [0.05, 0.1) is 16.1 Å². The minimum Gasteiger partial charge on any atom is -0.489 e. The van der Waals surface area contributed by atoms with Crippen molar-refractivity contribution in [3.05, 3.63) is 27.7 Å². The monoisotopic (exact) mass is 311 g/mol. The molecule has 0 spiro atoms. The molecule has 0 aliphatic carbocycles. The smallest absolute Gasteiger partial charge is 0.416 e. The molecule has 1 aliphatic rings. The van der Waals surface area contributed by atoms with Gasteiger partial charge in [-0.3, -0.25) is 0 Å². The van der Waals surface area contributed by atoms with Gasteiger partial charge < -0.3 is 15.6 Å². The Balaban J connectivity index is 2.55. The Labute approximate surface area is 103 Å². The van der Waals surface area contributed by atoms with Gasteiger partial charge in [-0.15, -0.1) is 0 Å². The summed E-state index contributed by atoms with van der Waals surface area (Å²) >= 11 is 3.01. The first kappa shape index (κ1) is 12.7. The molecule has 0 amide bonds. The van der Waals surface area contributed by atoms with Crippen molar-refractivity contribution in [3.8, 4) is 5.75 Å². The Kier molecular flexibility index (Phi) is 3.09. The number of hydrogen-bond donors (Lipinski definition) is 2. The van der Waals surface area contributed by atoms with Gasteiger partial charge in [-0.2, -0.15) is 13.2 Å². The number of aliphatic hydroxyl groups excluding tert-OH is 1. The Bertz CT molecular complexity index is 450. The number of fused-ring (bicyclic) bond motifs is 1. The maximum atomic E-state index is 12.6. The highest BCUT2D eigenvalue weighted by Crippen LogP contribution is 2.41. The molecule has 1 heterocycles. The van der Waals surface area contributed by atoms with Crippen LogP contribution in [0.2, 0.25) is 0 Å². The fourth-order valence-electron chi connectivity index (χ4n) is 1.66. The number of rotatable bonds is 0. The Morgan fingerprint density at radius 3 is 2.65 bits per heavy atom. The van der Waals surface area contributed by atoms with E-state index in [1.54, 1.807) is 0 Å². The summed E-state index contributed by atoms with van der Waals surface area (Å²) in [5, 5.41) is 9.46. The number of nitrogens with two attached hydrogens (primary N) is 1. The van der Waals surface area contributed by atoms with Crippen LogP contribution in [-0.2, 0) is 6.18 Å². The molecule has 0 radical (unpaired) electrons. The number of alkyl halides is 3. The van der Waals surface area contributed by atoms with Crippen molar-refractivity contribution in [2.24, 2.45) is 5.73 Å². The van der Waals surface area contributed by atoms with E-state index in [2.05, 4.69) is 15.9 Å². The molecule has 1 aromatic rings. The van der Waals surface area contributed by atoms with Crippen molar-refractivity contribution in [2.45, 2.75) is 18.3 Å². The lowest BCUT2D eigenvalue weighted by molar-refractivity contribution is -0.137. The van der Waals surface area contributed by atoms with Crippen molar-refractivity contribution in [3.63, 3.8) is 0 Å². The minimum atomic E-state index is -4.46. The van der Waals surface area contributed by atoms with Crippen molar-refractivity contribution < 1.29 is 23.0 Å². The predicted octanol–water partition coefficient (Wildman–Crippen LogP) is 2.22. The molecule has 0 saturated carbocycles. The van der Waals surface area contributed by atoms with E-state index in [1.807, 2.05) is 0 Å². The molecule has 0 unspecified atom stereocenters. The van der Waals surface area contributed by atoms with Crippen LogP contribution in [0.25, 0.3) is 0 Å². The molecule has 3 nitrogen and oxygen atoms in total. The van der Waals surface area contributed by atoms with Crippen LogP contribution >= 0.6 is 15.9 Å². The van der Waals surface area contributed by atoms with E-state index in [0.717, 1.165) is 12.1 Å². The number of hydrogen-bond acceptors (Lipinski definition) is 3. The largest absolute Gasteiger partial charge is 0.489 e. The third kappa shape index (κ3) is 2.27. The average Bonchev–Trinajstić information content (AvgIpc) is 2.22. The molecule has 0 bridgehead atoms. The summed E-state index contributed by atoms with van der Waals surface area (Å²) in [4.78, 5) is 0. The second-order valence-corrected chi connectivity index (χ2v) is 4.63. The molecule has 0 aromatic heterocycles. The second kappa shape index (κ2) is 4.15. The van der Waals surface area contributed by atoms with Crippen LogP contribution in [0.1, 0.15) is 17.2 Å². The molecule has 3 N–H and O–H groups in total. The van der Waals surface area contributed by atoms with Crippen molar-refractivity contribution in [1.29, 1.82) is 0 Å². The third-order valence-electron chi connectivity index (χ3n) is 2.57. The normalized spacial score (nSPS) is 24.1. The van der Waals surface area contributed by atoms with Gasteiger partial charge in [-0.1, -0.05) is 0 Å².